The molecule has 1 aromatic heterocycles. The molecule has 0 spiro atoms. The molecule has 5 nitrogen and oxygen atoms in total. The maximum absolute atomic E-state index is 12.6. The minimum atomic E-state index is -0.404. The standard InChI is InChI=1S/C23H25N3O2S/c1-14-10-11-20(15(2)12-14)25-21(27)17(4)29-23-24-16(3)19(22(28)26-23)13-18-8-6-5-7-9-18/h5-12,17H,13H2,1-4H3,(H,25,27)(H,24,26,28). The molecule has 0 aliphatic carbocycles. The van der Waals surface area contributed by atoms with Gasteiger partial charge in [0.05, 0.1) is 5.25 Å². The number of rotatable bonds is 6. The predicted octanol–water partition coefficient (Wildman–Crippen LogP) is 4.41. The molecule has 1 amide bonds. The largest absolute Gasteiger partial charge is 0.325 e. The number of hydrogen-bond acceptors (Lipinski definition) is 4. The van der Waals surface area contributed by atoms with Gasteiger partial charge in [-0.15, -0.1) is 0 Å². The number of anilines is 1. The van der Waals surface area contributed by atoms with Gasteiger partial charge in [0.1, 0.15) is 0 Å². The molecule has 1 heterocycles. The fraction of sp³-hybridized carbons (Fsp3) is 0.261. The third-order valence-corrected chi connectivity index (χ3v) is 5.71. The molecule has 0 saturated heterocycles. The molecule has 0 aliphatic rings. The van der Waals surface area contributed by atoms with Gasteiger partial charge < -0.3 is 10.3 Å². The van der Waals surface area contributed by atoms with E-state index >= 15 is 0 Å². The van der Waals surface area contributed by atoms with Crippen molar-refractivity contribution in [2.24, 2.45) is 0 Å². The van der Waals surface area contributed by atoms with Crippen molar-refractivity contribution < 1.29 is 4.79 Å². The van der Waals surface area contributed by atoms with Crippen LogP contribution in [0.5, 0.6) is 0 Å². The highest BCUT2D eigenvalue weighted by Crippen LogP contribution is 2.22. The van der Waals surface area contributed by atoms with Crippen molar-refractivity contribution in [3.05, 3.63) is 86.8 Å². The number of thioether (sulfide) groups is 1. The molecule has 1 atom stereocenters. The smallest absolute Gasteiger partial charge is 0.255 e. The van der Waals surface area contributed by atoms with Gasteiger partial charge >= 0.3 is 0 Å². The number of aromatic amines is 1. The summed E-state index contributed by atoms with van der Waals surface area (Å²) in [4.78, 5) is 32.5. The van der Waals surface area contributed by atoms with Crippen LogP contribution in [0, 0.1) is 20.8 Å². The lowest BCUT2D eigenvalue weighted by molar-refractivity contribution is -0.115. The molecule has 2 aromatic carbocycles. The Labute approximate surface area is 175 Å². The molecule has 0 saturated carbocycles. The third-order valence-electron chi connectivity index (χ3n) is 4.72. The van der Waals surface area contributed by atoms with Crippen LogP contribution >= 0.6 is 11.8 Å². The van der Waals surface area contributed by atoms with E-state index in [2.05, 4.69) is 15.3 Å². The SMILES string of the molecule is Cc1ccc(NC(=O)C(C)Sc2nc(C)c(Cc3ccccc3)c(=O)[nH]2)c(C)c1. The molecule has 2 N–H and O–H groups in total. The summed E-state index contributed by atoms with van der Waals surface area (Å²) in [5.41, 5.74) is 5.19. The Morgan fingerprint density at radius 1 is 1.14 bits per heavy atom. The molecule has 29 heavy (non-hydrogen) atoms. The second-order valence-electron chi connectivity index (χ2n) is 7.17. The summed E-state index contributed by atoms with van der Waals surface area (Å²) in [6.07, 6.45) is 0.530. The lowest BCUT2D eigenvalue weighted by atomic mass is 10.1. The highest BCUT2D eigenvalue weighted by molar-refractivity contribution is 8.00. The van der Waals surface area contributed by atoms with Crippen LogP contribution in [-0.2, 0) is 11.2 Å². The first-order valence-electron chi connectivity index (χ1n) is 9.52. The minimum Gasteiger partial charge on any atom is -0.325 e. The summed E-state index contributed by atoms with van der Waals surface area (Å²) < 4.78 is 0. The monoisotopic (exact) mass is 407 g/mol. The lowest BCUT2D eigenvalue weighted by Crippen LogP contribution is -2.24. The Morgan fingerprint density at radius 3 is 2.52 bits per heavy atom. The van der Waals surface area contributed by atoms with E-state index in [1.807, 2.05) is 69.3 Å². The summed E-state index contributed by atoms with van der Waals surface area (Å²) in [7, 11) is 0. The second kappa shape index (κ2) is 9.09. The van der Waals surface area contributed by atoms with Crippen LogP contribution in [0.1, 0.15) is 34.9 Å². The molecule has 3 aromatic rings. The van der Waals surface area contributed by atoms with Crippen molar-refractivity contribution in [1.82, 2.24) is 9.97 Å². The molecule has 0 bridgehead atoms. The summed E-state index contributed by atoms with van der Waals surface area (Å²) in [5, 5.41) is 3.00. The molecule has 6 heteroatoms. The van der Waals surface area contributed by atoms with Crippen LogP contribution < -0.4 is 10.9 Å². The van der Waals surface area contributed by atoms with Gasteiger partial charge in [0.15, 0.2) is 5.16 Å². The van der Waals surface area contributed by atoms with Crippen molar-refractivity contribution in [1.29, 1.82) is 0 Å². The fourth-order valence-corrected chi connectivity index (χ4v) is 3.90. The van der Waals surface area contributed by atoms with Crippen molar-refractivity contribution in [2.75, 3.05) is 5.32 Å². The first kappa shape index (κ1) is 20.9. The van der Waals surface area contributed by atoms with E-state index in [9.17, 15) is 9.59 Å². The number of nitrogens with one attached hydrogen (secondary N) is 2. The highest BCUT2D eigenvalue weighted by atomic mass is 32.2. The van der Waals surface area contributed by atoms with Gasteiger partial charge in [0, 0.05) is 23.4 Å². The molecule has 0 aliphatic heterocycles. The zero-order chi connectivity index (χ0) is 21.0. The van der Waals surface area contributed by atoms with E-state index in [0.717, 1.165) is 22.4 Å². The second-order valence-corrected chi connectivity index (χ2v) is 8.49. The van der Waals surface area contributed by atoms with E-state index in [0.29, 0.717) is 22.8 Å². The molecule has 0 radical (unpaired) electrons. The minimum absolute atomic E-state index is 0.129. The third kappa shape index (κ3) is 5.35. The maximum Gasteiger partial charge on any atom is 0.255 e. The van der Waals surface area contributed by atoms with Crippen LogP contribution in [0.3, 0.4) is 0 Å². The Kier molecular flexibility index (Phi) is 6.54. The van der Waals surface area contributed by atoms with Gasteiger partial charge in [0.2, 0.25) is 5.91 Å². The zero-order valence-electron chi connectivity index (χ0n) is 17.1. The van der Waals surface area contributed by atoms with Crippen molar-refractivity contribution in [3.8, 4) is 0 Å². The quantitative estimate of drug-likeness (QED) is 0.469. The van der Waals surface area contributed by atoms with E-state index in [1.54, 1.807) is 6.92 Å². The Morgan fingerprint density at radius 2 is 1.86 bits per heavy atom. The van der Waals surface area contributed by atoms with E-state index in [4.69, 9.17) is 0 Å². The number of nitrogens with zero attached hydrogens (tertiary/aromatic N) is 1. The van der Waals surface area contributed by atoms with Gasteiger partial charge in [-0.25, -0.2) is 4.98 Å². The van der Waals surface area contributed by atoms with Crippen LogP contribution in [0.2, 0.25) is 0 Å². The Bertz CT molecular complexity index is 1080. The topological polar surface area (TPSA) is 74.8 Å². The number of carbonyl (C=O) groups excluding carboxylic acids is 1. The van der Waals surface area contributed by atoms with Gasteiger partial charge in [-0.3, -0.25) is 9.59 Å². The lowest BCUT2D eigenvalue weighted by Gasteiger charge is -2.14. The normalized spacial score (nSPS) is 11.9. The van der Waals surface area contributed by atoms with Gasteiger partial charge in [-0.2, -0.15) is 0 Å². The predicted molar refractivity (Wildman–Crippen MR) is 119 cm³/mol. The Hall–Kier alpha value is -2.86. The average molecular weight is 408 g/mol. The number of amides is 1. The number of H-pyrrole nitrogens is 1. The number of aryl methyl sites for hydroxylation is 3. The van der Waals surface area contributed by atoms with Crippen LogP contribution in [0.25, 0.3) is 0 Å². The zero-order valence-corrected chi connectivity index (χ0v) is 17.9. The molecule has 0 fully saturated rings. The molecule has 3 rings (SSSR count). The van der Waals surface area contributed by atoms with Gasteiger partial charge in [-0.1, -0.05) is 59.8 Å². The molecular formula is C23H25N3O2S. The Balaban J connectivity index is 1.70. The van der Waals surface area contributed by atoms with E-state index in [-0.39, 0.29) is 11.5 Å². The van der Waals surface area contributed by atoms with E-state index < -0.39 is 5.25 Å². The highest BCUT2D eigenvalue weighted by Gasteiger charge is 2.18. The van der Waals surface area contributed by atoms with Crippen molar-refractivity contribution in [2.45, 2.75) is 44.5 Å². The van der Waals surface area contributed by atoms with Gasteiger partial charge in [0.25, 0.3) is 5.56 Å². The van der Waals surface area contributed by atoms with Crippen molar-refractivity contribution >= 4 is 23.4 Å². The average Bonchev–Trinajstić information content (AvgIpc) is 2.67. The van der Waals surface area contributed by atoms with E-state index in [1.165, 1.54) is 11.8 Å². The summed E-state index contributed by atoms with van der Waals surface area (Å²) in [6.45, 7) is 7.62. The number of benzene rings is 2. The summed E-state index contributed by atoms with van der Waals surface area (Å²) >= 11 is 1.24. The van der Waals surface area contributed by atoms with Crippen LogP contribution in [0.15, 0.2) is 58.5 Å². The summed E-state index contributed by atoms with van der Waals surface area (Å²) in [5.74, 6) is -0.129. The molecule has 1 unspecified atom stereocenters. The number of carbonyl (C=O) groups is 1. The molecule has 150 valence electrons. The number of hydrogen-bond donors (Lipinski definition) is 2. The maximum atomic E-state index is 12.6. The van der Waals surface area contributed by atoms with Crippen LogP contribution in [0.4, 0.5) is 5.69 Å². The first-order valence-corrected chi connectivity index (χ1v) is 10.4. The van der Waals surface area contributed by atoms with Gasteiger partial charge in [-0.05, 0) is 44.9 Å². The molecular weight excluding hydrogens is 382 g/mol. The van der Waals surface area contributed by atoms with Crippen molar-refractivity contribution in [3.63, 3.8) is 0 Å². The number of aromatic nitrogens is 2. The van der Waals surface area contributed by atoms with Crippen LogP contribution in [-0.4, -0.2) is 21.1 Å². The summed E-state index contributed by atoms with van der Waals surface area (Å²) in [6, 6.07) is 15.7. The first-order chi connectivity index (χ1) is 13.8. The fourth-order valence-electron chi connectivity index (χ4n) is 3.06.